The van der Waals surface area contributed by atoms with Gasteiger partial charge in [0.1, 0.15) is 0 Å². The number of primary amides is 1. The smallest absolute Gasteiger partial charge is 0.321 e. The number of nitrogens with zero attached hydrogens (tertiary/aromatic N) is 1. The van der Waals surface area contributed by atoms with Gasteiger partial charge >= 0.3 is 6.03 Å². The van der Waals surface area contributed by atoms with Crippen LogP contribution in [0.4, 0.5) is 10.5 Å². The molecule has 1 aliphatic carbocycles. The summed E-state index contributed by atoms with van der Waals surface area (Å²) in [7, 11) is 0. The second kappa shape index (κ2) is 7.05. The SMILES string of the molecule is Cc1cc(NC(=O)N2CCSC3(CCCCC3)C2)ccc1C(N)=O. The van der Waals surface area contributed by atoms with Crippen molar-refractivity contribution in [2.24, 2.45) is 5.73 Å². The summed E-state index contributed by atoms with van der Waals surface area (Å²) >= 11 is 2.05. The highest BCUT2D eigenvalue weighted by atomic mass is 32.2. The summed E-state index contributed by atoms with van der Waals surface area (Å²) in [6, 6.07) is 5.15. The van der Waals surface area contributed by atoms with Gasteiger partial charge in [-0.3, -0.25) is 4.79 Å². The number of carbonyl (C=O) groups is 2. The zero-order valence-corrected chi connectivity index (χ0v) is 15.0. The summed E-state index contributed by atoms with van der Waals surface area (Å²) in [6.07, 6.45) is 6.30. The van der Waals surface area contributed by atoms with Gasteiger partial charge in [0.25, 0.3) is 0 Å². The van der Waals surface area contributed by atoms with Crippen molar-refractivity contribution in [2.75, 3.05) is 24.2 Å². The molecule has 0 unspecified atom stereocenters. The van der Waals surface area contributed by atoms with Crippen molar-refractivity contribution in [3.05, 3.63) is 29.3 Å². The molecule has 0 bridgehead atoms. The third kappa shape index (κ3) is 3.69. The number of hydrogen-bond acceptors (Lipinski definition) is 3. The molecule has 1 aromatic carbocycles. The van der Waals surface area contributed by atoms with Gasteiger partial charge in [-0.15, -0.1) is 0 Å². The average Bonchev–Trinajstić information content (AvgIpc) is 2.55. The van der Waals surface area contributed by atoms with Crippen LogP contribution in [0.15, 0.2) is 18.2 Å². The van der Waals surface area contributed by atoms with E-state index >= 15 is 0 Å². The van der Waals surface area contributed by atoms with Crippen molar-refractivity contribution in [3.8, 4) is 0 Å². The van der Waals surface area contributed by atoms with E-state index in [0.29, 0.717) is 11.3 Å². The van der Waals surface area contributed by atoms with Crippen LogP contribution in [0.3, 0.4) is 0 Å². The normalized spacial score (nSPS) is 20.0. The first-order valence-electron chi connectivity index (χ1n) is 8.59. The van der Waals surface area contributed by atoms with Gasteiger partial charge in [-0.25, -0.2) is 4.79 Å². The number of urea groups is 1. The molecule has 3 rings (SSSR count). The number of nitrogens with two attached hydrogens (primary N) is 1. The minimum absolute atomic E-state index is 0.0496. The Bertz CT molecular complexity index is 636. The third-order valence-corrected chi connectivity index (χ3v) is 6.58. The first-order valence-corrected chi connectivity index (χ1v) is 9.58. The Hall–Kier alpha value is -1.69. The van der Waals surface area contributed by atoms with E-state index in [4.69, 9.17) is 5.73 Å². The molecule has 1 aliphatic heterocycles. The van der Waals surface area contributed by atoms with Gasteiger partial charge in [-0.05, 0) is 43.5 Å². The summed E-state index contributed by atoms with van der Waals surface area (Å²) < 4.78 is 0.263. The maximum absolute atomic E-state index is 12.6. The molecule has 5 nitrogen and oxygen atoms in total. The molecule has 2 fully saturated rings. The summed E-state index contributed by atoms with van der Waals surface area (Å²) in [5.41, 5.74) is 7.30. The Morgan fingerprint density at radius 2 is 2.00 bits per heavy atom. The molecule has 1 spiro atoms. The summed E-state index contributed by atoms with van der Waals surface area (Å²) in [5, 5.41) is 2.97. The number of thioether (sulfide) groups is 1. The second-order valence-corrected chi connectivity index (χ2v) is 8.40. The van der Waals surface area contributed by atoms with Crippen molar-refractivity contribution < 1.29 is 9.59 Å². The van der Waals surface area contributed by atoms with E-state index in [9.17, 15) is 9.59 Å². The lowest BCUT2D eigenvalue weighted by molar-refractivity contribution is 0.0999. The summed E-state index contributed by atoms with van der Waals surface area (Å²) in [5.74, 6) is 0.560. The largest absolute Gasteiger partial charge is 0.366 e. The molecule has 1 aromatic rings. The predicted octanol–water partition coefficient (Wildman–Crippen LogP) is 3.38. The molecule has 1 saturated carbocycles. The Morgan fingerprint density at radius 1 is 1.25 bits per heavy atom. The topological polar surface area (TPSA) is 75.4 Å². The number of carbonyl (C=O) groups excluding carboxylic acids is 2. The Morgan fingerprint density at radius 3 is 2.67 bits per heavy atom. The lowest BCUT2D eigenvalue weighted by atomic mass is 9.87. The van der Waals surface area contributed by atoms with Gasteiger partial charge < -0.3 is 16.0 Å². The van der Waals surface area contributed by atoms with Crippen LogP contribution >= 0.6 is 11.8 Å². The van der Waals surface area contributed by atoms with Gasteiger partial charge in [0.2, 0.25) is 5.91 Å². The lowest BCUT2D eigenvalue weighted by Gasteiger charge is -2.44. The molecule has 0 atom stereocenters. The molecule has 1 saturated heterocycles. The average molecular weight is 347 g/mol. The van der Waals surface area contributed by atoms with Crippen LogP contribution in [0.5, 0.6) is 0 Å². The molecular formula is C18H25N3O2S. The van der Waals surface area contributed by atoms with Crippen LogP contribution in [0, 0.1) is 6.92 Å². The fourth-order valence-corrected chi connectivity index (χ4v) is 5.31. The predicted molar refractivity (Wildman–Crippen MR) is 98.6 cm³/mol. The van der Waals surface area contributed by atoms with Crippen molar-refractivity contribution in [2.45, 2.75) is 43.8 Å². The third-order valence-electron chi connectivity index (χ3n) is 5.04. The van der Waals surface area contributed by atoms with Crippen molar-refractivity contribution >= 4 is 29.4 Å². The summed E-state index contributed by atoms with van der Waals surface area (Å²) in [4.78, 5) is 25.9. The lowest BCUT2D eigenvalue weighted by Crippen LogP contribution is -2.51. The molecule has 3 amide bonds. The second-order valence-electron chi connectivity index (χ2n) is 6.84. The van der Waals surface area contributed by atoms with Gasteiger partial charge in [-0.2, -0.15) is 11.8 Å². The van der Waals surface area contributed by atoms with Gasteiger partial charge in [0.15, 0.2) is 0 Å². The molecule has 0 radical (unpaired) electrons. The van der Waals surface area contributed by atoms with Crippen molar-refractivity contribution in [1.82, 2.24) is 4.90 Å². The van der Waals surface area contributed by atoms with Crippen LogP contribution in [0.1, 0.15) is 48.0 Å². The van der Waals surface area contributed by atoms with Gasteiger partial charge in [-0.1, -0.05) is 19.3 Å². The van der Waals surface area contributed by atoms with Gasteiger partial charge in [0.05, 0.1) is 0 Å². The van der Waals surface area contributed by atoms with Gasteiger partial charge in [0, 0.05) is 34.8 Å². The van der Waals surface area contributed by atoms with Crippen LogP contribution in [0.2, 0.25) is 0 Å². The zero-order valence-electron chi connectivity index (χ0n) is 14.1. The Labute approximate surface area is 147 Å². The van der Waals surface area contributed by atoms with E-state index in [2.05, 4.69) is 5.32 Å². The van der Waals surface area contributed by atoms with Crippen molar-refractivity contribution in [1.29, 1.82) is 0 Å². The summed E-state index contributed by atoms with van der Waals surface area (Å²) in [6.45, 7) is 3.45. The molecule has 24 heavy (non-hydrogen) atoms. The minimum Gasteiger partial charge on any atom is -0.366 e. The van der Waals surface area contributed by atoms with Crippen molar-refractivity contribution in [3.63, 3.8) is 0 Å². The zero-order chi connectivity index (χ0) is 17.2. The number of nitrogens with one attached hydrogen (secondary N) is 1. The molecule has 0 aromatic heterocycles. The van der Waals surface area contributed by atoms with E-state index < -0.39 is 5.91 Å². The quantitative estimate of drug-likeness (QED) is 0.861. The minimum atomic E-state index is -0.447. The van der Waals surface area contributed by atoms with E-state index in [-0.39, 0.29) is 10.8 Å². The molecule has 130 valence electrons. The fraction of sp³-hybridized carbons (Fsp3) is 0.556. The van der Waals surface area contributed by atoms with E-state index in [1.807, 2.05) is 23.6 Å². The first-order chi connectivity index (χ1) is 11.5. The first kappa shape index (κ1) is 17.1. The number of anilines is 1. The monoisotopic (exact) mass is 347 g/mol. The number of rotatable bonds is 2. The molecule has 3 N–H and O–H groups in total. The highest BCUT2D eigenvalue weighted by Gasteiger charge is 2.38. The van der Waals surface area contributed by atoms with E-state index in [1.54, 1.807) is 18.2 Å². The number of aryl methyl sites for hydroxylation is 1. The van der Waals surface area contributed by atoms with E-state index in [1.165, 1.54) is 32.1 Å². The molecular weight excluding hydrogens is 322 g/mol. The van der Waals surface area contributed by atoms with Crippen LogP contribution < -0.4 is 11.1 Å². The molecule has 6 heteroatoms. The number of benzene rings is 1. The molecule has 1 heterocycles. The van der Waals surface area contributed by atoms with Crippen LogP contribution in [-0.2, 0) is 0 Å². The number of hydrogen-bond donors (Lipinski definition) is 2. The molecule has 2 aliphatic rings. The van der Waals surface area contributed by atoms with Crippen LogP contribution in [0.25, 0.3) is 0 Å². The highest BCUT2D eigenvalue weighted by molar-refractivity contribution is 8.00. The maximum Gasteiger partial charge on any atom is 0.321 e. The highest BCUT2D eigenvalue weighted by Crippen LogP contribution is 2.42. The Kier molecular flexibility index (Phi) is 5.04. The maximum atomic E-state index is 12.6. The standard InChI is InChI=1S/C18H25N3O2S/c1-13-11-14(5-6-15(13)16(19)22)20-17(23)21-9-10-24-18(12-21)7-3-2-4-8-18/h5-6,11H,2-4,7-10,12H2,1H3,(H2,19,22)(H,20,23). The van der Waals surface area contributed by atoms with Crippen LogP contribution in [-0.4, -0.2) is 40.4 Å². The van der Waals surface area contributed by atoms with E-state index in [0.717, 1.165) is 24.4 Å². The Balaban J connectivity index is 1.66. The fourth-order valence-electron chi connectivity index (χ4n) is 3.74. The number of amides is 3.